The van der Waals surface area contributed by atoms with Crippen molar-refractivity contribution in [1.29, 1.82) is 0 Å². The van der Waals surface area contributed by atoms with E-state index in [2.05, 4.69) is 6.58 Å². The molecule has 0 saturated carbocycles. The average molecular weight is 151 g/mol. The highest BCUT2D eigenvalue weighted by Gasteiger charge is 1.69. The molecule has 0 radical (unpaired) electrons. The first-order valence-electron chi connectivity index (χ1n) is 3.03. The van der Waals surface area contributed by atoms with Gasteiger partial charge in [0, 0.05) is 0 Å². The number of hydrogen-bond acceptors (Lipinski definition) is 2. The van der Waals surface area contributed by atoms with Crippen LogP contribution in [-0.4, -0.2) is 4.92 Å². The molecule has 3 nitrogen and oxygen atoms in total. The van der Waals surface area contributed by atoms with Gasteiger partial charge in [-0.05, 0) is 6.58 Å². The van der Waals surface area contributed by atoms with Gasteiger partial charge in [-0.15, -0.1) is 0 Å². The van der Waals surface area contributed by atoms with E-state index in [-0.39, 0.29) is 0 Å². The summed E-state index contributed by atoms with van der Waals surface area (Å²) in [6, 6.07) is 12.0. The van der Waals surface area contributed by atoms with Crippen LogP contribution >= 0.6 is 0 Å². The second kappa shape index (κ2) is 6.48. The molecular formula is C8H9NO2. The minimum absolute atomic E-state index is 0.611. The van der Waals surface area contributed by atoms with Crippen LogP contribution in [0.5, 0.6) is 0 Å². The number of benzene rings is 1. The van der Waals surface area contributed by atoms with E-state index in [4.69, 9.17) is 10.1 Å². The van der Waals surface area contributed by atoms with Gasteiger partial charge >= 0.3 is 0 Å². The van der Waals surface area contributed by atoms with Crippen molar-refractivity contribution in [3.63, 3.8) is 0 Å². The normalized spacial score (nSPS) is 7.27. The molecule has 1 aromatic rings. The van der Waals surface area contributed by atoms with Gasteiger partial charge in [0.25, 0.3) is 0 Å². The van der Waals surface area contributed by atoms with E-state index >= 15 is 0 Å². The maximum absolute atomic E-state index is 9.06. The van der Waals surface area contributed by atoms with Crippen LogP contribution in [0.2, 0.25) is 0 Å². The van der Waals surface area contributed by atoms with Crippen LogP contribution in [0.15, 0.2) is 49.2 Å². The first kappa shape index (κ1) is 9.36. The fraction of sp³-hybridized carbons (Fsp3) is 0. The smallest absolute Gasteiger partial charge is 0.227 e. The molecule has 0 saturated heterocycles. The molecule has 0 atom stereocenters. The summed E-state index contributed by atoms with van der Waals surface area (Å²) in [5.74, 6) is 0. The van der Waals surface area contributed by atoms with Gasteiger partial charge in [-0.3, -0.25) is 10.1 Å². The Morgan fingerprint density at radius 2 is 1.27 bits per heavy atom. The Bertz CT molecular complexity index is 182. The summed E-state index contributed by atoms with van der Waals surface area (Å²) >= 11 is 0. The summed E-state index contributed by atoms with van der Waals surface area (Å²) in [4.78, 5) is 8.44. The standard InChI is InChI=1S/C6H6.C2H3NO2/c1-2-4-6-5-3-1;1-2-3(4)5/h1-6H;2H,1H2. The number of nitrogens with zero attached hydrogens (tertiary/aromatic N) is 1. The van der Waals surface area contributed by atoms with Crippen LogP contribution in [0, 0.1) is 10.1 Å². The quantitative estimate of drug-likeness (QED) is 0.455. The number of hydrogen-bond donors (Lipinski definition) is 0. The SMILES string of the molecule is C=C[N+](=O)[O-].c1ccccc1. The van der Waals surface area contributed by atoms with Crippen LogP contribution in [0.25, 0.3) is 0 Å². The minimum Gasteiger partial charge on any atom is -0.259 e. The van der Waals surface area contributed by atoms with Crippen LogP contribution < -0.4 is 0 Å². The molecule has 11 heavy (non-hydrogen) atoms. The molecule has 0 N–H and O–H groups in total. The lowest BCUT2D eigenvalue weighted by atomic mass is 10.4. The Kier molecular flexibility index (Phi) is 5.51. The van der Waals surface area contributed by atoms with E-state index in [1.54, 1.807) is 0 Å². The summed E-state index contributed by atoms with van der Waals surface area (Å²) < 4.78 is 0. The summed E-state index contributed by atoms with van der Waals surface area (Å²) in [7, 11) is 0. The Hall–Kier alpha value is -1.64. The lowest BCUT2D eigenvalue weighted by Gasteiger charge is -1.69. The molecule has 0 aromatic heterocycles. The topological polar surface area (TPSA) is 43.1 Å². The maximum atomic E-state index is 9.06. The molecule has 1 rings (SSSR count). The molecule has 0 aliphatic carbocycles. The van der Waals surface area contributed by atoms with E-state index in [1.165, 1.54) is 0 Å². The Morgan fingerprint density at radius 1 is 1.09 bits per heavy atom. The highest BCUT2D eigenvalue weighted by atomic mass is 16.6. The molecule has 3 heteroatoms. The summed E-state index contributed by atoms with van der Waals surface area (Å²) in [5, 5.41) is 9.06. The van der Waals surface area contributed by atoms with Gasteiger partial charge < -0.3 is 0 Å². The Morgan fingerprint density at radius 3 is 1.36 bits per heavy atom. The molecule has 0 amide bonds. The van der Waals surface area contributed by atoms with Crippen LogP contribution in [0.3, 0.4) is 0 Å². The second-order valence-corrected chi connectivity index (χ2v) is 1.62. The molecule has 58 valence electrons. The largest absolute Gasteiger partial charge is 0.259 e. The van der Waals surface area contributed by atoms with Crippen molar-refractivity contribution in [2.45, 2.75) is 0 Å². The van der Waals surface area contributed by atoms with Gasteiger partial charge in [-0.1, -0.05) is 36.4 Å². The monoisotopic (exact) mass is 151 g/mol. The fourth-order valence-corrected chi connectivity index (χ4v) is 0.385. The van der Waals surface area contributed by atoms with Gasteiger partial charge in [0.05, 0.1) is 4.92 Å². The predicted octanol–water partition coefficient (Wildman–Crippen LogP) is 2.09. The molecule has 0 spiro atoms. The zero-order valence-electron chi connectivity index (χ0n) is 6.01. The third kappa shape index (κ3) is 8.36. The lowest BCUT2D eigenvalue weighted by Crippen LogP contribution is -1.77. The number of rotatable bonds is 1. The average Bonchev–Trinajstić information content (AvgIpc) is 2.09. The maximum Gasteiger partial charge on any atom is 0.227 e. The molecule has 0 aliphatic heterocycles. The molecule has 0 heterocycles. The van der Waals surface area contributed by atoms with Gasteiger partial charge in [-0.25, -0.2) is 0 Å². The summed E-state index contributed by atoms with van der Waals surface area (Å²) in [6.07, 6.45) is 0.639. The van der Waals surface area contributed by atoms with Crippen molar-refractivity contribution < 1.29 is 4.92 Å². The van der Waals surface area contributed by atoms with Crippen LogP contribution in [0.4, 0.5) is 0 Å². The van der Waals surface area contributed by atoms with Crippen molar-refractivity contribution in [1.82, 2.24) is 0 Å². The molecule has 0 bridgehead atoms. The second-order valence-electron chi connectivity index (χ2n) is 1.62. The molecule has 1 aromatic carbocycles. The van der Waals surface area contributed by atoms with Crippen molar-refractivity contribution >= 4 is 0 Å². The van der Waals surface area contributed by atoms with Crippen molar-refractivity contribution in [2.75, 3.05) is 0 Å². The lowest BCUT2D eigenvalue weighted by molar-refractivity contribution is -0.401. The van der Waals surface area contributed by atoms with Crippen molar-refractivity contribution in [3.05, 3.63) is 59.3 Å². The summed E-state index contributed by atoms with van der Waals surface area (Å²) in [5.41, 5.74) is 0. The van der Waals surface area contributed by atoms with Crippen molar-refractivity contribution in [2.24, 2.45) is 0 Å². The van der Waals surface area contributed by atoms with E-state index in [1.807, 2.05) is 36.4 Å². The first-order valence-corrected chi connectivity index (χ1v) is 3.03. The van der Waals surface area contributed by atoms with Gasteiger partial charge in [-0.2, -0.15) is 0 Å². The highest BCUT2D eigenvalue weighted by Crippen LogP contribution is 1.79. The molecule has 0 fully saturated rings. The van der Waals surface area contributed by atoms with Gasteiger partial charge in [0.2, 0.25) is 6.20 Å². The summed E-state index contributed by atoms with van der Waals surface area (Å²) in [6.45, 7) is 2.86. The van der Waals surface area contributed by atoms with E-state index < -0.39 is 4.92 Å². The van der Waals surface area contributed by atoms with E-state index in [0.29, 0.717) is 6.20 Å². The first-order chi connectivity index (χ1) is 5.27. The van der Waals surface area contributed by atoms with Crippen LogP contribution in [0.1, 0.15) is 0 Å². The van der Waals surface area contributed by atoms with Gasteiger partial charge in [0.15, 0.2) is 0 Å². The van der Waals surface area contributed by atoms with E-state index in [9.17, 15) is 0 Å². The third-order valence-corrected chi connectivity index (χ3v) is 0.816. The Balaban J connectivity index is 0.000000187. The zero-order chi connectivity index (χ0) is 8.53. The Labute approximate surface area is 65.1 Å². The van der Waals surface area contributed by atoms with Crippen molar-refractivity contribution in [3.8, 4) is 0 Å². The zero-order valence-corrected chi connectivity index (χ0v) is 6.01. The molecular weight excluding hydrogens is 142 g/mol. The van der Waals surface area contributed by atoms with Crippen LogP contribution in [-0.2, 0) is 0 Å². The predicted molar refractivity (Wildman–Crippen MR) is 43.6 cm³/mol. The highest BCUT2D eigenvalue weighted by molar-refractivity contribution is 4.99. The van der Waals surface area contributed by atoms with E-state index in [0.717, 1.165) is 0 Å². The fourth-order valence-electron chi connectivity index (χ4n) is 0.385. The minimum atomic E-state index is -0.611. The molecule has 0 unspecified atom stereocenters. The molecule has 0 aliphatic rings. The third-order valence-electron chi connectivity index (χ3n) is 0.816. The van der Waals surface area contributed by atoms with Gasteiger partial charge in [0.1, 0.15) is 0 Å². The number of nitro groups is 1.